The quantitative estimate of drug-likeness (QED) is 0.294. The van der Waals surface area contributed by atoms with Gasteiger partial charge in [0.2, 0.25) is 11.9 Å². The van der Waals surface area contributed by atoms with Gasteiger partial charge in [0.1, 0.15) is 5.39 Å². The average Bonchev–Trinajstić information content (AvgIpc) is 3.73. The monoisotopic (exact) mass is 576 g/mol. The van der Waals surface area contributed by atoms with Gasteiger partial charge in [-0.2, -0.15) is 4.98 Å². The second-order valence-corrected chi connectivity index (χ2v) is 11.4. The zero-order valence-corrected chi connectivity index (χ0v) is 24.4. The first-order valence-electron chi connectivity index (χ1n) is 15.2. The van der Waals surface area contributed by atoms with Crippen molar-refractivity contribution in [1.82, 2.24) is 28.8 Å². The van der Waals surface area contributed by atoms with Gasteiger partial charge in [0.05, 0.1) is 12.2 Å². The molecule has 0 spiro atoms. The van der Waals surface area contributed by atoms with Gasteiger partial charge in [-0.15, -0.1) is 0 Å². The Balaban J connectivity index is 1.23. The summed E-state index contributed by atoms with van der Waals surface area (Å²) in [5.74, 6) is 0.394. The minimum absolute atomic E-state index is 0.0133. The van der Waals surface area contributed by atoms with Crippen molar-refractivity contribution in [3.8, 4) is 5.69 Å². The molecule has 0 unspecified atom stereocenters. The average molecular weight is 577 g/mol. The number of fused-ring (bicyclic) bond motifs is 7. The van der Waals surface area contributed by atoms with Gasteiger partial charge in [-0.25, -0.2) is 14.3 Å². The molecule has 0 aliphatic carbocycles. The lowest BCUT2D eigenvalue weighted by atomic mass is 10.2. The van der Waals surface area contributed by atoms with E-state index in [-0.39, 0.29) is 11.5 Å². The summed E-state index contributed by atoms with van der Waals surface area (Å²) in [6.45, 7) is 7.08. The van der Waals surface area contributed by atoms with E-state index in [1.54, 1.807) is 22.7 Å². The molecule has 1 fully saturated rings. The minimum Gasteiger partial charge on any atom is -0.346 e. The van der Waals surface area contributed by atoms with Crippen molar-refractivity contribution < 1.29 is 4.79 Å². The molecule has 5 heterocycles. The second kappa shape index (κ2) is 11.5. The van der Waals surface area contributed by atoms with Crippen LogP contribution in [0.3, 0.4) is 0 Å². The summed E-state index contributed by atoms with van der Waals surface area (Å²) < 4.78 is 5.83. The summed E-state index contributed by atoms with van der Waals surface area (Å²) in [5.41, 5.74) is 3.98. The highest BCUT2D eigenvalue weighted by Gasteiger charge is 2.19. The second-order valence-electron chi connectivity index (χ2n) is 11.4. The van der Waals surface area contributed by atoms with E-state index in [0.29, 0.717) is 30.1 Å². The van der Waals surface area contributed by atoms with Crippen LogP contribution in [0, 0.1) is 0 Å². The van der Waals surface area contributed by atoms with E-state index in [1.807, 2.05) is 41.1 Å². The highest BCUT2D eigenvalue weighted by Crippen LogP contribution is 2.26. The first-order valence-corrected chi connectivity index (χ1v) is 15.2. The maximum Gasteiger partial charge on any atom is 0.278 e. The number of hydrogen-bond acceptors (Lipinski definition) is 6. The van der Waals surface area contributed by atoms with Gasteiger partial charge < -0.3 is 19.7 Å². The molecule has 0 radical (unpaired) electrons. The van der Waals surface area contributed by atoms with E-state index < -0.39 is 0 Å². The zero-order valence-electron chi connectivity index (χ0n) is 24.4. The van der Waals surface area contributed by atoms with Gasteiger partial charge in [0.25, 0.3) is 5.56 Å². The molecule has 7 rings (SSSR count). The van der Waals surface area contributed by atoms with Gasteiger partial charge >= 0.3 is 0 Å². The number of rotatable bonds is 5. The van der Waals surface area contributed by atoms with Crippen LogP contribution >= 0.6 is 0 Å². The number of nitrogens with zero attached hydrogens (tertiary/aromatic N) is 7. The van der Waals surface area contributed by atoms with E-state index in [2.05, 4.69) is 50.2 Å². The Bertz CT molecular complexity index is 1890. The lowest BCUT2D eigenvalue weighted by molar-refractivity contribution is -0.116. The number of benzene rings is 2. The number of amides is 1. The summed E-state index contributed by atoms with van der Waals surface area (Å²) in [5, 5.41) is 4.94. The van der Waals surface area contributed by atoms with Crippen LogP contribution in [0.2, 0.25) is 0 Å². The van der Waals surface area contributed by atoms with Crippen LogP contribution in [-0.2, 0) is 17.9 Å². The van der Waals surface area contributed by atoms with Gasteiger partial charge in [-0.05, 0) is 81.2 Å². The van der Waals surface area contributed by atoms with Gasteiger partial charge in [-0.1, -0.05) is 18.2 Å². The molecule has 0 saturated carbocycles. The van der Waals surface area contributed by atoms with Gasteiger partial charge in [0.15, 0.2) is 5.65 Å². The molecule has 2 bridgehead atoms. The summed E-state index contributed by atoms with van der Waals surface area (Å²) in [6, 6.07) is 16.2. The fraction of sp³-hybridized carbons (Fsp3) is 0.333. The van der Waals surface area contributed by atoms with Crippen LogP contribution in [0.25, 0.3) is 27.6 Å². The molecule has 43 heavy (non-hydrogen) atoms. The van der Waals surface area contributed by atoms with Crippen LogP contribution in [0.4, 0.5) is 17.3 Å². The lowest BCUT2D eigenvalue weighted by Crippen LogP contribution is -2.30. The number of hydrogen-bond donors (Lipinski definition) is 1. The third-order valence-corrected chi connectivity index (χ3v) is 8.52. The fourth-order valence-electron chi connectivity index (χ4n) is 6.29. The summed E-state index contributed by atoms with van der Waals surface area (Å²) in [7, 11) is 0. The Labute approximate surface area is 249 Å². The van der Waals surface area contributed by atoms with Gasteiger partial charge in [0, 0.05) is 61.2 Å². The molecular formula is C33H36N8O2. The Kier molecular flexibility index (Phi) is 7.28. The zero-order chi connectivity index (χ0) is 29.3. The van der Waals surface area contributed by atoms with Crippen molar-refractivity contribution >= 4 is 45.2 Å². The molecule has 3 aromatic heterocycles. The van der Waals surface area contributed by atoms with Gasteiger partial charge in [-0.3, -0.25) is 9.59 Å². The van der Waals surface area contributed by atoms with E-state index in [0.717, 1.165) is 48.4 Å². The molecule has 2 aromatic carbocycles. The molecule has 10 nitrogen and oxygen atoms in total. The molecule has 1 amide bonds. The molecular weight excluding hydrogens is 540 g/mol. The Morgan fingerprint density at radius 1 is 0.953 bits per heavy atom. The topological polar surface area (TPSA) is 93.2 Å². The molecule has 1 N–H and O–H groups in total. The van der Waals surface area contributed by atoms with Crippen molar-refractivity contribution in [3.05, 3.63) is 83.4 Å². The predicted molar refractivity (Wildman–Crippen MR) is 170 cm³/mol. The van der Waals surface area contributed by atoms with Crippen LogP contribution in [0.15, 0.2) is 77.9 Å². The van der Waals surface area contributed by atoms with E-state index in [9.17, 15) is 9.59 Å². The number of aromatic nitrogens is 5. The normalized spacial score (nSPS) is 16.6. The van der Waals surface area contributed by atoms with Crippen LogP contribution in [-0.4, -0.2) is 60.9 Å². The standard InChI is InChI=1S/C33H36N8O2/c1-24(42)39-16-4-2-3-5-17-40-32(43)29-23-34-33(36-31(29)41(40)28-10-8-9-27(39)22-28)35-26-11-12-30-25(21-26)13-18-38(30)20-19-37-14-6-7-15-37/h3,5,8-13,18,21-23H,2,4,6-7,14-17,19-20H2,1H3,(H,34,35,36)/b5-3-. The minimum atomic E-state index is -0.159. The highest BCUT2D eigenvalue weighted by atomic mass is 16.2. The Morgan fingerprint density at radius 3 is 2.67 bits per heavy atom. The molecule has 1 saturated heterocycles. The fourth-order valence-corrected chi connectivity index (χ4v) is 6.29. The number of likely N-dealkylation sites (tertiary alicyclic amines) is 1. The molecule has 2 aliphatic heterocycles. The molecule has 10 heteroatoms. The van der Waals surface area contributed by atoms with E-state index >= 15 is 0 Å². The van der Waals surface area contributed by atoms with E-state index in [4.69, 9.17) is 4.98 Å². The van der Waals surface area contributed by atoms with Crippen molar-refractivity contribution in [2.75, 3.05) is 36.4 Å². The number of carbonyl (C=O) groups excluding carboxylic acids is 1. The third-order valence-electron chi connectivity index (χ3n) is 8.52. The third kappa shape index (κ3) is 5.34. The van der Waals surface area contributed by atoms with Crippen LogP contribution < -0.4 is 15.8 Å². The molecule has 2 aliphatic rings. The number of allylic oxidation sites excluding steroid dienone is 2. The summed E-state index contributed by atoms with van der Waals surface area (Å²) in [4.78, 5) is 39.7. The molecule has 220 valence electrons. The smallest absolute Gasteiger partial charge is 0.278 e. The maximum absolute atomic E-state index is 13.6. The molecule has 0 atom stereocenters. The van der Waals surface area contributed by atoms with Crippen molar-refractivity contribution in [2.45, 2.75) is 45.7 Å². The number of anilines is 3. The first-order chi connectivity index (χ1) is 21.0. The maximum atomic E-state index is 13.6. The SMILES string of the molecule is CC(=O)N1CCC/C=C\Cn2c(=O)c3cnc(Nc4ccc5c(ccn5CCN5CCCC5)c4)nc3n2-c2cccc1c2. The predicted octanol–water partition coefficient (Wildman–Crippen LogP) is 5.08. The Hall–Kier alpha value is -4.70. The lowest BCUT2D eigenvalue weighted by Gasteiger charge is -2.22. The van der Waals surface area contributed by atoms with Crippen molar-refractivity contribution in [1.29, 1.82) is 0 Å². The van der Waals surface area contributed by atoms with Crippen molar-refractivity contribution in [3.63, 3.8) is 0 Å². The van der Waals surface area contributed by atoms with Crippen LogP contribution in [0.5, 0.6) is 0 Å². The first kappa shape index (κ1) is 27.2. The number of nitrogens with one attached hydrogen (secondary N) is 1. The summed E-state index contributed by atoms with van der Waals surface area (Å²) >= 11 is 0. The van der Waals surface area contributed by atoms with Crippen LogP contribution in [0.1, 0.15) is 32.6 Å². The number of carbonyl (C=O) groups is 1. The summed E-state index contributed by atoms with van der Waals surface area (Å²) in [6.07, 6.45) is 12.1. The Morgan fingerprint density at radius 2 is 1.81 bits per heavy atom. The molecule has 5 aromatic rings. The largest absolute Gasteiger partial charge is 0.346 e. The highest BCUT2D eigenvalue weighted by molar-refractivity contribution is 5.92. The van der Waals surface area contributed by atoms with E-state index in [1.165, 1.54) is 31.4 Å². The van der Waals surface area contributed by atoms with Crippen molar-refractivity contribution in [2.24, 2.45) is 0 Å².